The molecule has 7 heteroatoms. The fraction of sp³-hybridized carbons (Fsp3) is 0.462. The van der Waals surface area contributed by atoms with Crippen molar-refractivity contribution in [3.8, 4) is 5.75 Å². The van der Waals surface area contributed by atoms with Crippen LogP contribution in [0.25, 0.3) is 0 Å². The van der Waals surface area contributed by atoms with Crippen LogP contribution in [0.1, 0.15) is 30.1 Å². The largest absolute Gasteiger partial charge is 0.493 e. The number of hydrogen-bond acceptors (Lipinski definition) is 4. The van der Waals surface area contributed by atoms with Crippen molar-refractivity contribution in [2.45, 2.75) is 24.7 Å². The fourth-order valence-corrected chi connectivity index (χ4v) is 2.55. The van der Waals surface area contributed by atoms with E-state index < -0.39 is 9.05 Å². The number of benzene rings is 1. The van der Waals surface area contributed by atoms with Crippen molar-refractivity contribution in [1.29, 1.82) is 0 Å². The normalized spacial score (nSPS) is 14.9. The number of rotatable bonds is 6. The van der Waals surface area contributed by atoms with Gasteiger partial charge < -0.3 is 10.1 Å². The molecule has 1 amide bonds. The molecule has 5 nitrogen and oxygen atoms in total. The first-order valence-corrected chi connectivity index (χ1v) is 8.72. The van der Waals surface area contributed by atoms with Crippen molar-refractivity contribution < 1.29 is 17.9 Å². The maximum absolute atomic E-state index is 12.1. The van der Waals surface area contributed by atoms with Gasteiger partial charge in [0.15, 0.2) is 0 Å². The zero-order chi connectivity index (χ0) is 14.8. The van der Waals surface area contributed by atoms with Gasteiger partial charge in [-0.05, 0) is 43.9 Å². The Bertz CT molecular complexity index is 611. The van der Waals surface area contributed by atoms with Crippen LogP contribution < -0.4 is 10.1 Å². The molecule has 1 saturated carbocycles. The summed E-state index contributed by atoms with van der Waals surface area (Å²) < 4.78 is 28.0. The lowest BCUT2D eigenvalue weighted by molar-refractivity contribution is 0.0948. The SMILES string of the molecule is CCOc1ccc(S(=O)(=O)Cl)cc1C(=O)NCC1CC1. The number of halogens is 1. The van der Waals surface area contributed by atoms with Crippen LogP contribution in [0, 0.1) is 5.92 Å². The Hall–Kier alpha value is -1.27. The van der Waals surface area contributed by atoms with Crippen LogP contribution in [-0.2, 0) is 9.05 Å². The lowest BCUT2D eigenvalue weighted by atomic mass is 10.2. The molecule has 0 spiro atoms. The molecule has 0 bridgehead atoms. The summed E-state index contributed by atoms with van der Waals surface area (Å²) >= 11 is 0. The number of amides is 1. The molecule has 1 aromatic carbocycles. The van der Waals surface area contributed by atoms with Gasteiger partial charge in [-0.15, -0.1) is 0 Å². The molecule has 1 aromatic rings. The van der Waals surface area contributed by atoms with Crippen molar-refractivity contribution in [2.75, 3.05) is 13.2 Å². The molecule has 1 fully saturated rings. The molecule has 0 unspecified atom stereocenters. The van der Waals surface area contributed by atoms with Crippen LogP contribution in [0.4, 0.5) is 0 Å². The van der Waals surface area contributed by atoms with Crippen LogP contribution in [0.5, 0.6) is 5.75 Å². The maximum Gasteiger partial charge on any atom is 0.261 e. The first-order valence-electron chi connectivity index (χ1n) is 6.41. The highest BCUT2D eigenvalue weighted by atomic mass is 35.7. The Kier molecular flexibility index (Phi) is 4.55. The predicted octanol–water partition coefficient (Wildman–Crippen LogP) is 2.15. The molecule has 1 N–H and O–H groups in total. The summed E-state index contributed by atoms with van der Waals surface area (Å²) in [4.78, 5) is 12.0. The Balaban J connectivity index is 2.27. The van der Waals surface area contributed by atoms with Crippen molar-refractivity contribution >= 4 is 25.6 Å². The van der Waals surface area contributed by atoms with Gasteiger partial charge in [-0.25, -0.2) is 8.42 Å². The van der Waals surface area contributed by atoms with Crippen LogP contribution >= 0.6 is 10.7 Å². The molecule has 2 rings (SSSR count). The third-order valence-corrected chi connectivity index (χ3v) is 4.38. The first kappa shape index (κ1) is 15.1. The molecular weight excluding hydrogens is 302 g/mol. The van der Waals surface area contributed by atoms with E-state index in [1.807, 2.05) is 0 Å². The molecule has 110 valence electrons. The van der Waals surface area contributed by atoms with Crippen molar-refractivity contribution in [1.82, 2.24) is 5.32 Å². The van der Waals surface area contributed by atoms with E-state index in [1.165, 1.54) is 18.2 Å². The van der Waals surface area contributed by atoms with Crippen molar-refractivity contribution in [2.24, 2.45) is 5.92 Å². The van der Waals surface area contributed by atoms with E-state index in [4.69, 9.17) is 15.4 Å². The van der Waals surface area contributed by atoms with Gasteiger partial charge >= 0.3 is 0 Å². The van der Waals surface area contributed by atoms with Crippen LogP contribution in [-0.4, -0.2) is 27.5 Å². The summed E-state index contributed by atoms with van der Waals surface area (Å²) in [7, 11) is 1.43. The second kappa shape index (κ2) is 6.01. The zero-order valence-corrected chi connectivity index (χ0v) is 12.6. The lowest BCUT2D eigenvalue weighted by Crippen LogP contribution is -2.26. The highest BCUT2D eigenvalue weighted by Crippen LogP contribution is 2.28. The van der Waals surface area contributed by atoms with E-state index in [0.717, 1.165) is 12.8 Å². The number of nitrogens with one attached hydrogen (secondary N) is 1. The van der Waals surface area contributed by atoms with Crippen LogP contribution in [0.2, 0.25) is 0 Å². The topological polar surface area (TPSA) is 72.5 Å². The monoisotopic (exact) mass is 317 g/mol. The Morgan fingerprint density at radius 1 is 1.45 bits per heavy atom. The molecule has 0 heterocycles. The standard InChI is InChI=1S/C13H16ClNO4S/c1-2-19-12-6-5-10(20(14,17)18)7-11(12)13(16)15-8-9-3-4-9/h5-7,9H,2-4,8H2,1H3,(H,15,16). The van der Waals surface area contributed by atoms with E-state index in [0.29, 0.717) is 24.8 Å². The third-order valence-electron chi connectivity index (χ3n) is 3.03. The van der Waals surface area contributed by atoms with E-state index >= 15 is 0 Å². The average molecular weight is 318 g/mol. The molecule has 1 aliphatic rings. The van der Waals surface area contributed by atoms with Crippen molar-refractivity contribution in [3.05, 3.63) is 23.8 Å². The van der Waals surface area contributed by atoms with Gasteiger partial charge in [0.1, 0.15) is 5.75 Å². The van der Waals surface area contributed by atoms with Gasteiger partial charge in [0.25, 0.3) is 15.0 Å². The predicted molar refractivity (Wildman–Crippen MR) is 75.7 cm³/mol. The van der Waals surface area contributed by atoms with E-state index in [1.54, 1.807) is 6.92 Å². The molecule has 0 aromatic heterocycles. The molecule has 20 heavy (non-hydrogen) atoms. The van der Waals surface area contributed by atoms with Gasteiger partial charge in [-0.2, -0.15) is 0 Å². The summed E-state index contributed by atoms with van der Waals surface area (Å²) in [5.41, 5.74) is 0.189. The number of carbonyl (C=O) groups is 1. The number of carbonyl (C=O) groups excluding carboxylic acids is 1. The molecule has 1 aliphatic carbocycles. The highest BCUT2D eigenvalue weighted by Gasteiger charge is 2.23. The van der Waals surface area contributed by atoms with E-state index in [9.17, 15) is 13.2 Å². The van der Waals surface area contributed by atoms with Gasteiger partial charge in [0.2, 0.25) is 0 Å². The number of hydrogen-bond donors (Lipinski definition) is 1. The molecule has 0 radical (unpaired) electrons. The Morgan fingerprint density at radius 3 is 2.70 bits per heavy atom. The van der Waals surface area contributed by atoms with E-state index in [-0.39, 0.29) is 16.4 Å². The van der Waals surface area contributed by atoms with E-state index in [2.05, 4.69) is 5.32 Å². The zero-order valence-electron chi connectivity index (χ0n) is 11.1. The third kappa shape index (κ3) is 3.86. The highest BCUT2D eigenvalue weighted by molar-refractivity contribution is 8.13. The van der Waals surface area contributed by atoms with Gasteiger partial charge in [-0.3, -0.25) is 4.79 Å². The summed E-state index contributed by atoms with van der Waals surface area (Å²) in [5.74, 6) is 0.543. The quantitative estimate of drug-likeness (QED) is 0.816. The molecular formula is C13H16ClNO4S. The molecule has 0 atom stereocenters. The molecule has 0 saturated heterocycles. The summed E-state index contributed by atoms with van der Waals surface area (Å²) in [5, 5.41) is 2.78. The smallest absolute Gasteiger partial charge is 0.261 e. The summed E-state index contributed by atoms with van der Waals surface area (Å²) in [6, 6.07) is 4.02. The van der Waals surface area contributed by atoms with Gasteiger partial charge in [-0.1, -0.05) is 0 Å². The minimum absolute atomic E-state index is 0.112. The first-order chi connectivity index (χ1) is 9.41. The Morgan fingerprint density at radius 2 is 2.15 bits per heavy atom. The lowest BCUT2D eigenvalue weighted by Gasteiger charge is -2.11. The van der Waals surface area contributed by atoms with Crippen LogP contribution in [0.15, 0.2) is 23.1 Å². The second-order valence-corrected chi connectivity index (χ2v) is 7.25. The second-order valence-electron chi connectivity index (χ2n) is 4.68. The van der Waals surface area contributed by atoms with Gasteiger partial charge in [0.05, 0.1) is 17.1 Å². The summed E-state index contributed by atoms with van der Waals surface area (Å²) in [6.07, 6.45) is 2.24. The minimum Gasteiger partial charge on any atom is -0.493 e. The summed E-state index contributed by atoms with van der Waals surface area (Å²) in [6.45, 7) is 2.77. The maximum atomic E-state index is 12.1. The average Bonchev–Trinajstić information content (AvgIpc) is 3.19. The molecule has 0 aliphatic heterocycles. The van der Waals surface area contributed by atoms with Gasteiger partial charge in [0, 0.05) is 17.2 Å². The van der Waals surface area contributed by atoms with Crippen LogP contribution in [0.3, 0.4) is 0 Å². The fourth-order valence-electron chi connectivity index (χ4n) is 1.77. The van der Waals surface area contributed by atoms with Crippen molar-refractivity contribution in [3.63, 3.8) is 0 Å². The minimum atomic E-state index is -3.87. The Labute approximate surface area is 122 Å². The number of ether oxygens (including phenoxy) is 1.